The molecule has 116 valence electrons. The molecular weight excluding hydrogens is 266 g/mol. The minimum atomic E-state index is -1.37. The second-order valence-corrected chi connectivity index (χ2v) is 6.12. The molecule has 1 aliphatic heterocycles. The van der Waals surface area contributed by atoms with Crippen molar-refractivity contribution in [2.45, 2.75) is 24.4 Å². The van der Waals surface area contributed by atoms with E-state index in [1.807, 2.05) is 30.1 Å². The summed E-state index contributed by atoms with van der Waals surface area (Å²) in [5.41, 5.74) is 5.49. The number of hydrogen-bond donors (Lipinski definition) is 2. The maximum absolute atomic E-state index is 11.7. The van der Waals surface area contributed by atoms with Gasteiger partial charge in [0.1, 0.15) is 0 Å². The smallest absolute Gasteiger partial charge is 0.329 e. The summed E-state index contributed by atoms with van der Waals surface area (Å²) in [5, 5.41) is 9.59. The molecule has 0 amide bonds. The zero-order valence-electron chi connectivity index (χ0n) is 12.8. The van der Waals surface area contributed by atoms with Crippen molar-refractivity contribution in [1.82, 2.24) is 9.80 Å². The highest BCUT2D eigenvalue weighted by Crippen LogP contribution is 2.21. The molecule has 1 saturated heterocycles. The van der Waals surface area contributed by atoms with Crippen LogP contribution >= 0.6 is 0 Å². The van der Waals surface area contributed by atoms with Crippen LogP contribution in [0.5, 0.6) is 0 Å². The zero-order chi connectivity index (χ0) is 15.5. The second kappa shape index (κ2) is 6.56. The van der Waals surface area contributed by atoms with Crippen LogP contribution in [-0.2, 0) is 10.3 Å². The third-order valence-corrected chi connectivity index (χ3v) is 4.38. The van der Waals surface area contributed by atoms with Gasteiger partial charge in [-0.25, -0.2) is 4.79 Å². The Hall–Kier alpha value is -1.43. The monoisotopic (exact) mass is 291 g/mol. The lowest BCUT2D eigenvalue weighted by atomic mass is 9.90. The molecule has 0 saturated carbocycles. The van der Waals surface area contributed by atoms with Crippen molar-refractivity contribution >= 4 is 5.97 Å². The van der Waals surface area contributed by atoms with Crippen molar-refractivity contribution in [3.05, 3.63) is 35.9 Å². The van der Waals surface area contributed by atoms with Gasteiger partial charge in [-0.1, -0.05) is 30.3 Å². The summed E-state index contributed by atoms with van der Waals surface area (Å²) in [6.07, 6.45) is 2.37. The Labute approximate surface area is 126 Å². The molecule has 0 aliphatic carbocycles. The van der Waals surface area contributed by atoms with Gasteiger partial charge in [0, 0.05) is 19.1 Å². The average Bonchev–Trinajstić information content (AvgIpc) is 2.84. The largest absolute Gasteiger partial charge is 0.480 e. The minimum absolute atomic E-state index is 0.302. The maximum atomic E-state index is 11.7. The molecule has 1 fully saturated rings. The van der Waals surface area contributed by atoms with E-state index >= 15 is 0 Å². The maximum Gasteiger partial charge on any atom is 0.329 e. The number of rotatable bonds is 6. The third-order valence-electron chi connectivity index (χ3n) is 4.38. The minimum Gasteiger partial charge on any atom is -0.480 e. The van der Waals surface area contributed by atoms with Gasteiger partial charge in [0.25, 0.3) is 0 Å². The highest BCUT2D eigenvalue weighted by Gasteiger charge is 2.37. The Balaban J connectivity index is 2.07. The second-order valence-electron chi connectivity index (χ2n) is 6.12. The van der Waals surface area contributed by atoms with Gasteiger partial charge in [-0.2, -0.15) is 0 Å². The summed E-state index contributed by atoms with van der Waals surface area (Å²) in [5.74, 6) is -0.986. The van der Waals surface area contributed by atoms with E-state index in [0.717, 1.165) is 19.5 Å². The van der Waals surface area contributed by atoms with E-state index in [0.29, 0.717) is 18.2 Å². The van der Waals surface area contributed by atoms with Crippen LogP contribution in [0.2, 0.25) is 0 Å². The summed E-state index contributed by atoms with van der Waals surface area (Å²) in [6, 6.07) is 9.56. The topological polar surface area (TPSA) is 69.8 Å². The van der Waals surface area contributed by atoms with Crippen LogP contribution in [0.3, 0.4) is 0 Å². The Morgan fingerprint density at radius 2 is 2.14 bits per heavy atom. The molecule has 5 heteroatoms. The Bertz CT molecular complexity index is 480. The highest BCUT2D eigenvalue weighted by atomic mass is 16.4. The van der Waals surface area contributed by atoms with Crippen LogP contribution in [0.4, 0.5) is 0 Å². The van der Waals surface area contributed by atoms with Gasteiger partial charge in [0.2, 0.25) is 0 Å². The molecule has 0 spiro atoms. The molecule has 0 aromatic heterocycles. The van der Waals surface area contributed by atoms with E-state index in [1.54, 1.807) is 12.1 Å². The van der Waals surface area contributed by atoms with E-state index in [9.17, 15) is 9.90 Å². The first-order valence-corrected chi connectivity index (χ1v) is 7.40. The lowest BCUT2D eigenvalue weighted by Crippen LogP contribution is -2.54. The molecule has 0 radical (unpaired) electrons. The third kappa shape index (κ3) is 3.61. The fraction of sp³-hybridized carbons (Fsp3) is 0.562. The molecular formula is C16H25N3O2. The number of nitrogens with two attached hydrogens (primary N) is 1. The highest BCUT2D eigenvalue weighted by molar-refractivity contribution is 5.80. The lowest BCUT2D eigenvalue weighted by molar-refractivity contribution is -0.144. The van der Waals surface area contributed by atoms with E-state index in [4.69, 9.17) is 5.73 Å². The fourth-order valence-corrected chi connectivity index (χ4v) is 3.08. The summed E-state index contributed by atoms with van der Waals surface area (Å²) in [7, 11) is 4.06. The Morgan fingerprint density at radius 3 is 2.67 bits per heavy atom. The number of carboxylic acids is 1. The number of hydrogen-bond acceptors (Lipinski definition) is 4. The van der Waals surface area contributed by atoms with E-state index in [1.165, 1.54) is 6.42 Å². The van der Waals surface area contributed by atoms with Crippen molar-refractivity contribution < 1.29 is 9.90 Å². The number of nitrogens with zero attached hydrogens (tertiary/aromatic N) is 2. The van der Waals surface area contributed by atoms with Gasteiger partial charge in [0.05, 0.1) is 0 Å². The van der Waals surface area contributed by atoms with Crippen molar-refractivity contribution in [1.29, 1.82) is 0 Å². The fourth-order valence-electron chi connectivity index (χ4n) is 3.08. The van der Waals surface area contributed by atoms with Crippen LogP contribution in [0.25, 0.3) is 0 Å². The molecule has 2 rings (SSSR count). The van der Waals surface area contributed by atoms with Crippen molar-refractivity contribution in [2.24, 2.45) is 5.73 Å². The Kier molecular flexibility index (Phi) is 4.98. The Morgan fingerprint density at radius 1 is 1.48 bits per heavy atom. The van der Waals surface area contributed by atoms with Crippen molar-refractivity contribution in [2.75, 3.05) is 33.7 Å². The first kappa shape index (κ1) is 15.9. The number of carboxylic acid groups (broad SMARTS) is 1. The molecule has 3 N–H and O–H groups in total. The molecule has 21 heavy (non-hydrogen) atoms. The number of aliphatic carboxylic acids is 1. The SMILES string of the molecule is CN(CC1CCCN1C)CC(N)(C(=O)O)c1ccccc1. The van der Waals surface area contributed by atoms with Crippen LogP contribution < -0.4 is 5.73 Å². The number of likely N-dealkylation sites (N-methyl/N-ethyl adjacent to an activating group) is 2. The van der Waals surface area contributed by atoms with Crippen LogP contribution in [0, 0.1) is 0 Å². The number of likely N-dealkylation sites (tertiary alicyclic amines) is 1. The first-order chi connectivity index (χ1) is 9.93. The molecule has 2 unspecified atom stereocenters. The molecule has 1 aromatic carbocycles. The average molecular weight is 291 g/mol. The van der Waals surface area contributed by atoms with Gasteiger partial charge in [-0.15, -0.1) is 0 Å². The molecule has 0 bridgehead atoms. The van der Waals surface area contributed by atoms with Gasteiger partial charge < -0.3 is 20.6 Å². The molecule has 2 atom stereocenters. The molecule has 1 aromatic rings. The van der Waals surface area contributed by atoms with E-state index in [-0.39, 0.29) is 0 Å². The predicted octanol–water partition coefficient (Wildman–Crippen LogP) is 0.951. The lowest BCUT2D eigenvalue weighted by Gasteiger charge is -2.33. The standard InChI is InChI=1S/C16H25N3O2/c1-18(11-14-9-6-10-19(14)2)12-16(17,15(20)21)13-7-4-3-5-8-13/h3-5,7-8,14H,6,9-12,17H2,1-2H3,(H,20,21). The number of carbonyl (C=O) groups is 1. The van der Waals surface area contributed by atoms with Crippen molar-refractivity contribution in [3.63, 3.8) is 0 Å². The van der Waals surface area contributed by atoms with Gasteiger partial charge in [-0.3, -0.25) is 0 Å². The van der Waals surface area contributed by atoms with Crippen LogP contribution in [-0.4, -0.2) is 60.6 Å². The van der Waals surface area contributed by atoms with Gasteiger partial charge >= 0.3 is 5.97 Å². The van der Waals surface area contributed by atoms with Gasteiger partial charge in [-0.05, 0) is 39.0 Å². The summed E-state index contributed by atoms with van der Waals surface area (Å²) < 4.78 is 0. The van der Waals surface area contributed by atoms with Crippen molar-refractivity contribution in [3.8, 4) is 0 Å². The summed E-state index contributed by atoms with van der Waals surface area (Å²) >= 11 is 0. The first-order valence-electron chi connectivity index (χ1n) is 7.40. The van der Waals surface area contributed by atoms with Gasteiger partial charge in [0.15, 0.2) is 5.54 Å². The zero-order valence-corrected chi connectivity index (χ0v) is 12.8. The van der Waals surface area contributed by atoms with E-state index < -0.39 is 11.5 Å². The van der Waals surface area contributed by atoms with Crippen LogP contribution in [0.1, 0.15) is 18.4 Å². The molecule has 5 nitrogen and oxygen atoms in total. The van der Waals surface area contributed by atoms with Crippen LogP contribution in [0.15, 0.2) is 30.3 Å². The number of benzene rings is 1. The summed E-state index contributed by atoms with van der Waals surface area (Å²) in [4.78, 5) is 16.1. The summed E-state index contributed by atoms with van der Waals surface area (Å²) in [6.45, 7) is 2.26. The predicted molar refractivity (Wildman–Crippen MR) is 83.1 cm³/mol. The molecule has 1 heterocycles. The molecule has 1 aliphatic rings. The van der Waals surface area contributed by atoms with E-state index in [2.05, 4.69) is 11.9 Å². The normalized spacial score (nSPS) is 22.4. The quantitative estimate of drug-likeness (QED) is 0.817.